The summed E-state index contributed by atoms with van der Waals surface area (Å²) >= 11 is 0. The zero-order valence-corrected chi connectivity index (χ0v) is 18.4. The molecule has 1 radical (unpaired) electrons. The molecule has 2 amide bonds. The summed E-state index contributed by atoms with van der Waals surface area (Å²) in [6.07, 6.45) is 9.33. The number of carbonyl (C=O) groups is 2. The van der Waals surface area contributed by atoms with Crippen LogP contribution in [0.15, 0.2) is 0 Å². The summed E-state index contributed by atoms with van der Waals surface area (Å²) in [6.45, 7) is 11.8. The summed E-state index contributed by atoms with van der Waals surface area (Å²) in [5.74, 6) is 0.200. The molecule has 7 nitrogen and oxygen atoms in total. The molecule has 1 saturated heterocycles. The van der Waals surface area contributed by atoms with Crippen molar-refractivity contribution in [3.05, 3.63) is 6.92 Å². The molecule has 0 bridgehead atoms. The molecule has 0 spiro atoms. The second kappa shape index (κ2) is 16.6. The van der Waals surface area contributed by atoms with Crippen molar-refractivity contribution in [2.24, 2.45) is 5.73 Å². The Morgan fingerprint density at radius 2 is 1.48 bits per heavy atom. The summed E-state index contributed by atoms with van der Waals surface area (Å²) < 4.78 is 6.77. The fourth-order valence-corrected chi connectivity index (χ4v) is 3.79. The first kappa shape index (κ1) is 25.9. The maximum Gasteiger partial charge on any atom is 0.220 e. The molecule has 4 N–H and O–H groups in total. The Morgan fingerprint density at radius 1 is 0.862 bits per heavy atom. The van der Waals surface area contributed by atoms with Crippen molar-refractivity contribution in [3.63, 3.8) is 0 Å². The van der Waals surface area contributed by atoms with Gasteiger partial charge in [0.15, 0.2) is 0 Å². The molecule has 0 aliphatic carbocycles. The van der Waals surface area contributed by atoms with Gasteiger partial charge in [-0.25, -0.2) is 0 Å². The first-order valence-electron chi connectivity index (χ1n) is 11.6. The third kappa shape index (κ3) is 12.9. The average Bonchev–Trinajstić information content (AvgIpc) is 3.20. The SMILES string of the molecule is [CH2]C[N+]1(CCOCCNC(=O)CCCCCNC(=O)CCCCCN)CCCC1. The van der Waals surface area contributed by atoms with Crippen LogP contribution in [0.4, 0.5) is 0 Å². The molecule has 1 fully saturated rings. The molecule has 0 atom stereocenters. The van der Waals surface area contributed by atoms with E-state index < -0.39 is 0 Å². The van der Waals surface area contributed by atoms with E-state index >= 15 is 0 Å². The van der Waals surface area contributed by atoms with Crippen molar-refractivity contribution >= 4 is 11.8 Å². The lowest BCUT2D eigenvalue weighted by Gasteiger charge is -2.32. The van der Waals surface area contributed by atoms with Crippen molar-refractivity contribution in [2.75, 3.05) is 59.0 Å². The minimum absolute atomic E-state index is 0.0818. The highest BCUT2D eigenvalue weighted by Gasteiger charge is 2.29. The fraction of sp³-hybridized carbons (Fsp3) is 0.864. The number of nitrogens with zero attached hydrogens (tertiary/aromatic N) is 1. The standard InChI is InChI=1S/C22H43N4O3/c1-2-26(16-9-10-17-26)18-20-29-19-15-25-22(28)12-6-4-8-14-24-21(27)11-5-3-7-13-23/h1-20,23H2,(H-,24,25,27,28)/p+1. The molecule has 0 aromatic heterocycles. The summed E-state index contributed by atoms with van der Waals surface area (Å²) in [5.41, 5.74) is 5.43. The monoisotopic (exact) mass is 412 g/mol. The molecule has 169 valence electrons. The van der Waals surface area contributed by atoms with Gasteiger partial charge in [-0.15, -0.1) is 0 Å². The average molecular weight is 413 g/mol. The minimum Gasteiger partial charge on any atom is -0.374 e. The number of unbranched alkanes of at least 4 members (excludes halogenated alkanes) is 4. The molecule has 0 aromatic rings. The summed E-state index contributed by atoms with van der Waals surface area (Å²) in [7, 11) is 0. The molecule has 0 aromatic carbocycles. The van der Waals surface area contributed by atoms with Crippen molar-refractivity contribution in [1.82, 2.24) is 10.6 Å². The van der Waals surface area contributed by atoms with Crippen LogP contribution in [0.3, 0.4) is 0 Å². The second-order valence-electron chi connectivity index (χ2n) is 8.17. The molecule has 1 aliphatic rings. The fourth-order valence-electron chi connectivity index (χ4n) is 3.79. The van der Waals surface area contributed by atoms with E-state index in [2.05, 4.69) is 17.6 Å². The molecule has 7 heteroatoms. The number of nitrogens with two attached hydrogens (primary N) is 1. The van der Waals surface area contributed by atoms with Gasteiger partial charge in [0.2, 0.25) is 11.8 Å². The van der Waals surface area contributed by atoms with Crippen LogP contribution in [-0.4, -0.2) is 75.3 Å². The molecule has 1 heterocycles. The zero-order chi connectivity index (χ0) is 21.2. The van der Waals surface area contributed by atoms with E-state index in [1.807, 2.05) is 0 Å². The first-order chi connectivity index (χ1) is 14.1. The number of hydrogen-bond acceptors (Lipinski definition) is 4. The number of nitrogens with one attached hydrogen (secondary N) is 2. The largest absolute Gasteiger partial charge is 0.374 e. The van der Waals surface area contributed by atoms with E-state index in [1.165, 1.54) is 25.9 Å². The molecule has 1 rings (SSSR count). The van der Waals surface area contributed by atoms with Gasteiger partial charge in [0.05, 0.1) is 32.8 Å². The number of ether oxygens (including phenoxy) is 1. The highest BCUT2D eigenvalue weighted by Crippen LogP contribution is 2.18. The summed E-state index contributed by atoms with van der Waals surface area (Å²) in [4.78, 5) is 23.5. The normalized spacial score (nSPS) is 15.4. The quantitative estimate of drug-likeness (QED) is 0.236. The van der Waals surface area contributed by atoms with Gasteiger partial charge in [-0.1, -0.05) is 12.8 Å². The highest BCUT2D eigenvalue weighted by atomic mass is 16.5. The Labute approximate surface area is 177 Å². The van der Waals surface area contributed by atoms with Crippen LogP contribution < -0.4 is 16.4 Å². The third-order valence-electron chi connectivity index (χ3n) is 5.78. The van der Waals surface area contributed by atoms with E-state index in [0.29, 0.717) is 39.1 Å². The smallest absolute Gasteiger partial charge is 0.220 e. The molecular weight excluding hydrogens is 368 g/mol. The third-order valence-corrected chi connectivity index (χ3v) is 5.78. The Kier molecular flexibility index (Phi) is 14.8. The Morgan fingerprint density at radius 3 is 2.10 bits per heavy atom. The van der Waals surface area contributed by atoms with Crippen LogP contribution in [0.25, 0.3) is 0 Å². The van der Waals surface area contributed by atoms with Gasteiger partial charge in [-0.2, -0.15) is 0 Å². The number of carbonyl (C=O) groups excluding carboxylic acids is 2. The molecule has 0 saturated carbocycles. The Balaban J connectivity index is 1.86. The molecule has 0 unspecified atom stereocenters. The summed E-state index contributed by atoms with van der Waals surface area (Å²) in [5, 5.41) is 5.85. The topological polar surface area (TPSA) is 93.5 Å². The molecule has 1 aliphatic heterocycles. The van der Waals surface area contributed by atoms with Crippen LogP contribution in [0.2, 0.25) is 0 Å². The lowest BCUT2D eigenvalue weighted by molar-refractivity contribution is -0.912. The van der Waals surface area contributed by atoms with Gasteiger partial charge in [0.25, 0.3) is 0 Å². The van der Waals surface area contributed by atoms with Crippen LogP contribution in [0, 0.1) is 6.92 Å². The lowest BCUT2D eigenvalue weighted by atomic mass is 10.1. The Bertz CT molecular complexity index is 440. The van der Waals surface area contributed by atoms with E-state index in [0.717, 1.165) is 62.7 Å². The lowest BCUT2D eigenvalue weighted by Crippen LogP contribution is -2.47. The van der Waals surface area contributed by atoms with Gasteiger partial charge >= 0.3 is 0 Å². The maximum atomic E-state index is 11.8. The molecular formula is C22H44N4O3+. The number of rotatable bonds is 18. The van der Waals surface area contributed by atoms with Crippen LogP contribution in [-0.2, 0) is 14.3 Å². The van der Waals surface area contributed by atoms with E-state index in [4.69, 9.17) is 10.5 Å². The first-order valence-corrected chi connectivity index (χ1v) is 11.6. The van der Waals surface area contributed by atoms with Gasteiger partial charge in [0.1, 0.15) is 6.54 Å². The van der Waals surface area contributed by atoms with Crippen LogP contribution >= 0.6 is 0 Å². The van der Waals surface area contributed by atoms with Crippen molar-refractivity contribution in [1.29, 1.82) is 0 Å². The summed E-state index contributed by atoms with van der Waals surface area (Å²) in [6, 6.07) is 0. The second-order valence-corrected chi connectivity index (χ2v) is 8.17. The highest BCUT2D eigenvalue weighted by molar-refractivity contribution is 5.76. The van der Waals surface area contributed by atoms with Crippen LogP contribution in [0.1, 0.15) is 64.2 Å². The van der Waals surface area contributed by atoms with Crippen LogP contribution in [0.5, 0.6) is 0 Å². The number of likely N-dealkylation sites (tertiary alicyclic amines) is 1. The molecule has 29 heavy (non-hydrogen) atoms. The van der Waals surface area contributed by atoms with Gasteiger partial charge < -0.3 is 25.6 Å². The predicted molar refractivity (Wildman–Crippen MR) is 117 cm³/mol. The van der Waals surface area contributed by atoms with Gasteiger partial charge in [0, 0.05) is 45.7 Å². The van der Waals surface area contributed by atoms with E-state index in [9.17, 15) is 9.59 Å². The minimum atomic E-state index is 0.0818. The number of hydrogen-bond donors (Lipinski definition) is 3. The van der Waals surface area contributed by atoms with Crippen molar-refractivity contribution in [2.45, 2.75) is 64.2 Å². The maximum absolute atomic E-state index is 11.8. The predicted octanol–water partition coefficient (Wildman–Crippen LogP) is 1.76. The van der Waals surface area contributed by atoms with Gasteiger partial charge in [-0.05, 0) is 32.2 Å². The van der Waals surface area contributed by atoms with E-state index in [-0.39, 0.29) is 11.8 Å². The van der Waals surface area contributed by atoms with Crippen molar-refractivity contribution in [3.8, 4) is 0 Å². The van der Waals surface area contributed by atoms with Crippen molar-refractivity contribution < 1.29 is 18.8 Å². The van der Waals surface area contributed by atoms with E-state index in [1.54, 1.807) is 0 Å². The Hall–Kier alpha value is -1.18. The zero-order valence-electron chi connectivity index (χ0n) is 18.4. The van der Waals surface area contributed by atoms with Gasteiger partial charge in [-0.3, -0.25) is 9.59 Å². The number of quaternary nitrogens is 1. The number of amides is 2.